The number of thioether (sulfide) groups is 1. The van der Waals surface area contributed by atoms with E-state index in [1.54, 1.807) is 12.1 Å². The van der Waals surface area contributed by atoms with Gasteiger partial charge in [0.05, 0.1) is 5.69 Å². The fourth-order valence-electron chi connectivity index (χ4n) is 2.42. The van der Waals surface area contributed by atoms with Gasteiger partial charge in [0.25, 0.3) is 0 Å². The van der Waals surface area contributed by atoms with Crippen molar-refractivity contribution in [2.45, 2.75) is 55.5 Å². The van der Waals surface area contributed by atoms with Gasteiger partial charge in [-0.2, -0.15) is 18.2 Å². The molecule has 1 aliphatic rings. The summed E-state index contributed by atoms with van der Waals surface area (Å²) in [6.45, 7) is 4.13. The third kappa shape index (κ3) is 5.52. The number of benzene rings is 1. The van der Waals surface area contributed by atoms with Crippen LogP contribution in [0.15, 0.2) is 35.2 Å². The Bertz CT molecular complexity index is 762. The number of hydrogen-bond donors (Lipinski definition) is 2. The van der Waals surface area contributed by atoms with Gasteiger partial charge >= 0.3 is 5.51 Å². The van der Waals surface area contributed by atoms with Gasteiger partial charge in [0.15, 0.2) is 0 Å². The van der Waals surface area contributed by atoms with Crippen LogP contribution >= 0.6 is 11.8 Å². The predicted molar refractivity (Wildman–Crippen MR) is 99.0 cm³/mol. The minimum atomic E-state index is -4.31. The maximum Gasteiger partial charge on any atom is 0.446 e. The van der Waals surface area contributed by atoms with E-state index in [1.165, 1.54) is 12.1 Å². The van der Waals surface area contributed by atoms with E-state index in [0.717, 1.165) is 25.0 Å². The van der Waals surface area contributed by atoms with Crippen LogP contribution in [0.5, 0.6) is 0 Å². The number of anilines is 3. The molecule has 1 fully saturated rings. The maximum atomic E-state index is 12.6. The summed E-state index contributed by atoms with van der Waals surface area (Å²) in [4.78, 5) is 9.18. The van der Waals surface area contributed by atoms with Crippen molar-refractivity contribution in [3.63, 3.8) is 0 Å². The van der Waals surface area contributed by atoms with Gasteiger partial charge in [0.2, 0.25) is 5.95 Å². The summed E-state index contributed by atoms with van der Waals surface area (Å²) in [6.07, 6.45) is 3.16. The molecule has 1 saturated carbocycles. The zero-order chi connectivity index (χ0) is 18.7. The van der Waals surface area contributed by atoms with E-state index in [-0.39, 0.29) is 22.7 Å². The molecule has 26 heavy (non-hydrogen) atoms. The second-order valence-corrected chi connectivity index (χ2v) is 7.57. The first-order valence-corrected chi connectivity index (χ1v) is 9.42. The van der Waals surface area contributed by atoms with Gasteiger partial charge in [-0.3, -0.25) is 0 Å². The van der Waals surface area contributed by atoms with Gasteiger partial charge in [-0.15, -0.1) is 0 Å². The molecule has 0 saturated heterocycles. The average molecular weight is 382 g/mol. The Labute approximate surface area is 155 Å². The van der Waals surface area contributed by atoms with Crippen LogP contribution in [-0.4, -0.2) is 21.5 Å². The van der Waals surface area contributed by atoms with Crippen molar-refractivity contribution in [2.75, 3.05) is 10.6 Å². The SMILES string of the molecule is CC[C@@H](C)Nc1nc(Nc2cccc(SC(F)(F)F)c2)cc(C2CC2)n1. The van der Waals surface area contributed by atoms with Crippen molar-refractivity contribution < 1.29 is 13.2 Å². The lowest BCUT2D eigenvalue weighted by molar-refractivity contribution is -0.0328. The molecule has 0 bridgehead atoms. The zero-order valence-electron chi connectivity index (χ0n) is 14.6. The Morgan fingerprint density at radius 1 is 1.23 bits per heavy atom. The maximum absolute atomic E-state index is 12.6. The second kappa shape index (κ2) is 7.73. The van der Waals surface area contributed by atoms with Crippen LogP contribution in [0.4, 0.5) is 30.6 Å². The van der Waals surface area contributed by atoms with Crippen LogP contribution in [0.3, 0.4) is 0 Å². The number of nitrogens with zero attached hydrogens (tertiary/aromatic N) is 2. The standard InChI is InChI=1S/C18H21F3N4S/c1-3-11(2)22-17-24-15(12-7-8-12)10-16(25-17)23-13-5-4-6-14(9-13)26-18(19,20)21/h4-6,9-12H,3,7-8H2,1-2H3,(H2,22,23,24,25)/t11-/m1/s1. The number of alkyl halides is 3. The molecule has 0 radical (unpaired) electrons. The third-order valence-corrected chi connectivity index (χ3v) is 4.79. The molecule has 0 aliphatic heterocycles. The lowest BCUT2D eigenvalue weighted by Gasteiger charge is -2.15. The quantitative estimate of drug-likeness (QED) is 0.582. The van der Waals surface area contributed by atoms with Gasteiger partial charge < -0.3 is 10.6 Å². The molecule has 0 spiro atoms. The predicted octanol–water partition coefficient (Wildman–Crippen LogP) is 5.92. The summed E-state index contributed by atoms with van der Waals surface area (Å²) in [5.41, 5.74) is -2.77. The molecule has 1 heterocycles. The normalized spacial score (nSPS) is 15.6. The highest BCUT2D eigenvalue weighted by atomic mass is 32.2. The molecule has 0 unspecified atom stereocenters. The van der Waals surface area contributed by atoms with Gasteiger partial charge in [0, 0.05) is 28.6 Å². The Hall–Kier alpha value is -1.96. The summed E-state index contributed by atoms with van der Waals surface area (Å²) >= 11 is -0.127. The lowest BCUT2D eigenvalue weighted by atomic mass is 10.2. The summed E-state index contributed by atoms with van der Waals surface area (Å²) in [5, 5.41) is 6.38. The molecule has 2 N–H and O–H groups in total. The van der Waals surface area contributed by atoms with Gasteiger partial charge in [-0.25, -0.2) is 4.98 Å². The van der Waals surface area contributed by atoms with E-state index in [1.807, 2.05) is 6.07 Å². The summed E-state index contributed by atoms with van der Waals surface area (Å²) in [5.74, 6) is 1.58. The highest BCUT2D eigenvalue weighted by Gasteiger charge is 2.29. The van der Waals surface area contributed by atoms with Crippen molar-refractivity contribution in [3.8, 4) is 0 Å². The first kappa shape index (κ1) is 18.8. The van der Waals surface area contributed by atoms with E-state index in [9.17, 15) is 13.2 Å². The van der Waals surface area contributed by atoms with Crippen molar-refractivity contribution >= 4 is 29.2 Å². The number of nitrogens with one attached hydrogen (secondary N) is 2. The van der Waals surface area contributed by atoms with Crippen LogP contribution < -0.4 is 10.6 Å². The molecular weight excluding hydrogens is 361 g/mol. The van der Waals surface area contributed by atoms with Crippen LogP contribution in [-0.2, 0) is 0 Å². The van der Waals surface area contributed by atoms with Gasteiger partial charge in [-0.05, 0) is 56.1 Å². The van der Waals surface area contributed by atoms with Crippen molar-refractivity contribution in [3.05, 3.63) is 36.0 Å². The number of halogens is 3. The molecule has 1 aromatic heterocycles. The highest BCUT2D eigenvalue weighted by Crippen LogP contribution is 2.40. The first-order valence-electron chi connectivity index (χ1n) is 8.60. The summed E-state index contributed by atoms with van der Waals surface area (Å²) in [7, 11) is 0. The molecule has 4 nitrogen and oxygen atoms in total. The number of aromatic nitrogens is 2. The number of hydrogen-bond acceptors (Lipinski definition) is 5. The fraction of sp³-hybridized carbons (Fsp3) is 0.444. The molecule has 0 amide bonds. The molecule has 1 aliphatic carbocycles. The van der Waals surface area contributed by atoms with E-state index in [0.29, 0.717) is 23.4 Å². The largest absolute Gasteiger partial charge is 0.446 e. The molecular formula is C18H21F3N4S. The van der Waals surface area contributed by atoms with Crippen molar-refractivity contribution in [1.29, 1.82) is 0 Å². The third-order valence-electron chi connectivity index (χ3n) is 4.07. The zero-order valence-corrected chi connectivity index (χ0v) is 15.4. The first-order chi connectivity index (χ1) is 12.3. The summed E-state index contributed by atoms with van der Waals surface area (Å²) in [6, 6.07) is 8.35. The average Bonchev–Trinajstić information content (AvgIpc) is 3.38. The van der Waals surface area contributed by atoms with Gasteiger partial charge in [-0.1, -0.05) is 13.0 Å². The monoisotopic (exact) mass is 382 g/mol. The smallest absolute Gasteiger partial charge is 0.352 e. The minimum Gasteiger partial charge on any atom is -0.352 e. The van der Waals surface area contributed by atoms with Crippen molar-refractivity contribution in [2.24, 2.45) is 0 Å². The highest BCUT2D eigenvalue weighted by molar-refractivity contribution is 8.00. The Morgan fingerprint density at radius 2 is 2.00 bits per heavy atom. The minimum absolute atomic E-state index is 0.127. The topological polar surface area (TPSA) is 49.8 Å². The van der Waals surface area contributed by atoms with Crippen LogP contribution in [0.2, 0.25) is 0 Å². The van der Waals surface area contributed by atoms with Crippen LogP contribution in [0.1, 0.15) is 44.7 Å². The van der Waals surface area contributed by atoms with E-state index in [4.69, 9.17) is 0 Å². The Kier molecular flexibility index (Phi) is 5.60. The van der Waals surface area contributed by atoms with E-state index >= 15 is 0 Å². The van der Waals surface area contributed by atoms with Gasteiger partial charge in [0.1, 0.15) is 5.82 Å². The van der Waals surface area contributed by atoms with Crippen LogP contribution in [0.25, 0.3) is 0 Å². The molecule has 3 rings (SSSR count). The lowest BCUT2D eigenvalue weighted by Crippen LogP contribution is -2.16. The molecule has 1 atom stereocenters. The summed E-state index contributed by atoms with van der Waals surface area (Å²) < 4.78 is 37.7. The fourth-order valence-corrected chi connectivity index (χ4v) is 3.02. The Balaban J connectivity index is 1.81. The molecule has 2 aromatic rings. The second-order valence-electron chi connectivity index (χ2n) is 6.43. The van der Waals surface area contributed by atoms with E-state index < -0.39 is 5.51 Å². The van der Waals surface area contributed by atoms with Crippen LogP contribution in [0, 0.1) is 0 Å². The molecule has 8 heteroatoms. The Morgan fingerprint density at radius 3 is 2.65 bits per heavy atom. The number of rotatable bonds is 7. The van der Waals surface area contributed by atoms with E-state index in [2.05, 4.69) is 34.4 Å². The molecule has 140 valence electrons. The molecule has 1 aromatic carbocycles. The van der Waals surface area contributed by atoms with Crippen molar-refractivity contribution in [1.82, 2.24) is 9.97 Å².